The SMILES string of the molecule is O=C(NCCSC(F)(F)F)C1CC(=O)N(c2ccccc2)C1. The first-order chi connectivity index (χ1) is 10.4. The monoisotopic (exact) mass is 332 g/mol. The average molecular weight is 332 g/mol. The molecular weight excluding hydrogens is 317 g/mol. The summed E-state index contributed by atoms with van der Waals surface area (Å²) in [6.45, 7) is 0.181. The molecule has 0 aromatic heterocycles. The van der Waals surface area contributed by atoms with Crippen LogP contribution in [0.25, 0.3) is 0 Å². The maximum atomic E-state index is 12.0. The molecule has 1 aliphatic heterocycles. The number of carbonyl (C=O) groups excluding carboxylic acids is 2. The molecule has 1 aromatic rings. The van der Waals surface area contributed by atoms with Crippen molar-refractivity contribution in [1.82, 2.24) is 5.32 Å². The highest BCUT2D eigenvalue weighted by Crippen LogP contribution is 2.29. The van der Waals surface area contributed by atoms with E-state index in [1.807, 2.05) is 6.07 Å². The zero-order valence-electron chi connectivity index (χ0n) is 11.6. The molecule has 0 saturated carbocycles. The summed E-state index contributed by atoms with van der Waals surface area (Å²) in [5, 5.41) is 2.45. The average Bonchev–Trinajstić information content (AvgIpc) is 2.85. The minimum atomic E-state index is -4.29. The van der Waals surface area contributed by atoms with Crippen molar-refractivity contribution in [2.24, 2.45) is 5.92 Å². The molecule has 1 unspecified atom stereocenters. The van der Waals surface area contributed by atoms with Gasteiger partial charge in [0.15, 0.2) is 0 Å². The summed E-state index contributed by atoms with van der Waals surface area (Å²) in [5.41, 5.74) is -3.58. The predicted molar refractivity (Wildman–Crippen MR) is 78.4 cm³/mol. The molecule has 1 atom stereocenters. The first-order valence-electron chi connectivity index (χ1n) is 6.70. The van der Waals surface area contributed by atoms with Crippen molar-refractivity contribution in [1.29, 1.82) is 0 Å². The van der Waals surface area contributed by atoms with E-state index in [-0.39, 0.29) is 48.8 Å². The van der Waals surface area contributed by atoms with Crippen molar-refractivity contribution < 1.29 is 22.8 Å². The van der Waals surface area contributed by atoms with Crippen molar-refractivity contribution in [2.75, 3.05) is 23.7 Å². The van der Waals surface area contributed by atoms with Gasteiger partial charge in [-0.3, -0.25) is 9.59 Å². The Hall–Kier alpha value is -1.70. The molecule has 2 rings (SSSR count). The van der Waals surface area contributed by atoms with Crippen LogP contribution in [0.3, 0.4) is 0 Å². The van der Waals surface area contributed by atoms with Crippen molar-refractivity contribution >= 4 is 29.3 Å². The Morgan fingerprint density at radius 2 is 2.00 bits per heavy atom. The number of benzene rings is 1. The lowest BCUT2D eigenvalue weighted by Gasteiger charge is -2.16. The van der Waals surface area contributed by atoms with Crippen LogP contribution in [-0.2, 0) is 9.59 Å². The lowest BCUT2D eigenvalue weighted by Crippen LogP contribution is -2.34. The number of halogens is 3. The standard InChI is InChI=1S/C14H15F3N2O2S/c15-14(16,17)22-7-6-18-13(21)10-8-12(20)19(9-10)11-4-2-1-3-5-11/h1-5,10H,6-9H2,(H,18,21). The summed E-state index contributed by atoms with van der Waals surface area (Å²) in [6, 6.07) is 8.97. The number of alkyl halides is 3. The second-order valence-corrected chi connectivity index (χ2v) is 5.99. The Bertz CT molecular complexity index is 537. The molecule has 0 spiro atoms. The van der Waals surface area contributed by atoms with E-state index in [9.17, 15) is 22.8 Å². The number of hydrogen-bond donors (Lipinski definition) is 1. The molecule has 120 valence electrons. The Kier molecular flexibility index (Phi) is 5.33. The van der Waals surface area contributed by atoms with Gasteiger partial charge >= 0.3 is 5.51 Å². The maximum Gasteiger partial charge on any atom is 0.441 e. The van der Waals surface area contributed by atoms with Gasteiger partial charge < -0.3 is 10.2 Å². The summed E-state index contributed by atoms with van der Waals surface area (Å²) in [6.07, 6.45) is 0.0765. The Morgan fingerprint density at radius 3 is 2.64 bits per heavy atom. The number of nitrogens with one attached hydrogen (secondary N) is 1. The normalized spacial score (nSPS) is 18.6. The van der Waals surface area contributed by atoms with Gasteiger partial charge in [-0.05, 0) is 23.9 Å². The van der Waals surface area contributed by atoms with Crippen LogP contribution in [0.4, 0.5) is 18.9 Å². The highest BCUT2D eigenvalue weighted by Gasteiger charge is 2.35. The molecule has 1 N–H and O–H groups in total. The molecule has 22 heavy (non-hydrogen) atoms. The van der Waals surface area contributed by atoms with Crippen molar-refractivity contribution in [3.8, 4) is 0 Å². The number of rotatable bonds is 5. The Labute approximate surface area is 130 Å². The third-order valence-corrected chi connectivity index (χ3v) is 3.97. The fraction of sp³-hybridized carbons (Fsp3) is 0.429. The molecule has 2 amide bonds. The zero-order valence-corrected chi connectivity index (χ0v) is 12.4. The highest BCUT2D eigenvalue weighted by atomic mass is 32.2. The maximum absolute atomic E-state index is 12.0. The van der Waals surface area contributed by atoms with Crippen LogP contribution in [-0.4, -0.2) is 36.2 Å². The third-order valence-electron chi connectivity index (χ3n) is 3.23. The van der Waals surface area contributed by atoms with Gasteiger partial charge in [-0.15, -0.1) is 0 Å². The largest absolute Gasteiger partial charge is 0.441 e. The van der Waals surface area contributed by atoms with E-state index in [4.69, 9.17) is 0 Å². The smallest absolute Gasteiger partial charge is 0.355 e. The number of hydrogen-bond acceptors (Lipinski definition) is 3. The number of anilines is 1. The Morgan fingerprint density at radius 1 is 1.32 bits per heavy atom. The number of nitrogens with zero attached hydrogens (tertiary/aromatic N) is 1. The molecule has 1 saturated heterocycles. The lowest BCUT2D eigenvalue weighted by atomic mass is 10.1. The molecule has 1 aromatic carbocycles. The van der Waals surface area contributed by atoms with E-state index in [2.05, 4.69) is 5.32 Å². The molecule has 4 nitrogen and oxygen atoms in total. The predicted octanol–water partition coefficient (Wildman–Crippen LogP) is 2.41. The van der Waals surface area contributed by atoms with Crippen molar-refractivity contribution in [2.45, 2.75) is 11.9 Å². The molecule has 1 fully saturated rings. The van der Waals surface area contributed by atoms with Crippen LogP contribution in [0, 0.1) is 5.92 Å². The molecular formula is C14H15F3N2O2S. The second kappa shape index (κ2) is 7.04. The van der Waals surface area contributed by atoms with Crippen LogP contribution in [0.1, 0.15) is 6.42 Å². The zero-order chi connectivity index (χ0) is 16.2. The van der Waals surface area contributed by atoms with Gasteiger partial charge in [0.25, 0.3) is 0 Å². The highest BCUT2D eigenvalue weighted by molar-refractivity contribution is 8.00. The summed E-state index contributed by atoms with van der Waals surface area (Å²) in [4.78, 5) is 25.4. The van der Waals surface area contributed by atoms with Gasteiger partial charge in [0.2, 0.25) is 11.8 Å². The quantitative estimate of drug-likeness (QED) is 0.843. The van der Waals surface area contributed by atoms with E-state index in [0.717, 1.165) is 5.69 Å². The van der Waals surface area contributed by atoms with Gasteiger partial charge in [0.1, 0.15) is 0 Å². The van der Waals surface area contributed by atoms with Gasteiger partial charge in [0.05, 0.1) is 5.92 Å². The van der Waals surface area contributed by atoms with Crippen LogP contribution in [0.2, 0.25) is 0 Å². The van der Waals surface area contributed by atoms with Gasteiger partial charge in [-0.2, -0.15) is 13.2 Å². The second-order valence-electron chi connectivity index (χ2n) is 4.83. The van der Waals surface area contributed by atoms with Crippen LogP contribution in [0.5, 0.6) is 0 Å². The van der Waals surface area contributed by atoms with Crippen molar-refractivity contribution in [3.05, 3.63) is 30.3 Å². The fourth-order valence-corrected chi connectivity index (χ4v) is 2.66. The summed E-state index contributed by atoms with van der Waals surface area (Å²) >= 11 is -0.176. The number of para-hydroxylation sites is 1. The Balaban J connectivity index is 1.82. The van der Waals surface area contributed by atoms with E-state index in [1.54, 1.807) is 24.3 Å². The molecule has 0 radical (unpaired) electrons. The van der Waals surface area contributed by atoms with E-state index >= 15 is 0 Å². The van der Waals surface area contributed by atoms with Crippen LogP contribution in [0.15, 0.2) is 30.3 Å². The first-order valence-corrected chi connectivity index (χ1v) is 7.69. The number of carbonyl (C=O) groups is 2. The lowest BCUT2D eigenvalue weighted by molar-refractivity contribution is -0.126. The van der Waals surface area contributed by atoms with Crippen LogP contribution < -0.4 is 10.2 Å². The summed E-state index contributed by atoms with van der Waals surface area (Å²) in [5.74, 6) is -1.30. The minimum Gasteiger partial charge on any atom is -0.355 e. The van der Waals surface area contributed by atoms with Gasteiger partial charge in [0, 0.05) is 31.0 Å². The van der Waals surface area contributed by atoms with Crippen molar-refractivity contribution in [3.63, 3.8) is 0 Å². The van der Waals surface area contributed by atoms with E-state index in [1.165, 1.54) is 4.90 Å². The molecule has 0 aliphatic carbocycles. The minimum absolute atomic E-state index is 0.0704. The van der Waals surface area contributed by atoms with Crippen LogP contribution >= 0.6 is 11.8 Å². The number of thioether (sulfide) groups is 1. The van der Waals surface area contributed by atoms with Gasteiger partial charge in [-0.25, -0.2) is 0 Å². The molecule has 1 aliphatic rings. The first kappa shape index (κ1) is 16.7. The molecule has 0 bridgehead atoms. The van der Waals surface area contributed by atoms with E-state index < -0.39 is 11.4 Å². The third kappa shape index (κ3) is 4.66. The summed E-state index contributed by atoms with van der Waals surface area (Å²) in [7, 11) is 0. The molecule has 8 heteroatoms. The van der Waals surface area contributed by atoms with Gasteiger partial charge in [-0.1, -0.05) is 18.2 Å². The topological polar surface area (TPSA) is 49.4 Å². The number of amides is 2. The summed E-state index contributed by atoms with van der Waals surface area (Å²) < 4.78 is 35.9. The van der Waals surface area contributed by atoms with E-state index in [0.29, 0.717) is 0 Å². The fourth-order valence-electron chi connectivity index (χ4n) is 2.23. The molecule has 1 heterocycles.